The summed E-state index contributed by atoms with van der Waals surface area (Å²) in [6, 6.07) is 14.9. The standard InChI is InChI=1S/C26H26N4O4/c1-26(2,34)15-30-23(16-6-4-3-5-7-16)20(13-27-30)17-8-9-19-18(12-17)14-29(25(19)33)21-10-11-22(31)28-24(21)32/h3-9,12-13,21,34H,10-11,14-15H2,1-2H3,(H,28,31,32). The molecule has 3 amide bonds. The fourth-order valence-electron chi connectivity index (χ4n) is 4.73. The molecule has 0 bridgehead atoms. The zero-order valence-corrected chi connectivity index (χ0v) is 19.1. The molecular formula is C26H26N4O4. The minimum atomic E-state index is -0.945. The number of amides is 3. The van der Waals surface area contributed by atoms with Crippen molar-refractivity contribution >= 4 is 17.7 Å². The van der Waals surface area contributed by atoms with Gasteiger partial charge in [-0.25, -0.2) is 0 Å². The van der Waals surface area contributed by atoms with Crippen LogP contribution in [0.25, 0.3) is 22.4 Å². The SMILES string of the molecule is CC(C)(O)Cn1ncc(-c2ccc3c(c2)CN(C2CCC(=O)NC2=O)C3=O)c1-c1ccccc1. The molecule has 1 atom stereocenters. The van der Waals surface area contributed by atoms with E-state index in [1.165, 1.54) is 0 Å². The molecule has 3 heterocycles. The van der Waals surface area contributed by atoms with Gasteiger partial charge in [0, 0.05) is 29.7 Å². The predicted octanol–water partition coefficient (Wildman–Crippen LogP) is 2.75. The molecule has 0 spiro atoms. The van der Waals surface area contributed by atoms with E-state index in [2.05, 4.69) is 10.4 Å². The Balaban J connectivity index is 1.51. The monoisotopic (exact) mass is 458 g/mol. The molecule has 2 N–H and O–H groups in total. The number of nitrogens with one attached hydrogen (secondary N) is 1. The van der Waals surface area contributed by atoms with E-state index in [-0.39, 0.29) is 18.2 Å². The van der Waals surface area contributed by atoms with Gasteiger partial charge in [0.15, 0.2) is 0 Å². The first kappa shape index (κ1) is 22.0. The van der Waals surface area contributed by atoms with Gasteiger partial charge in [0.2, 0.25) is 11.8 Å². The van der Waals surface area contributed by atoms with Gasteiger partial charge in [0.1, 0.15) is 6.04 Å². The van der Waals surface area contributed by atoms with E-state index >= 15 is 0 Å². The Morgan fingerprint density at radius 1 is 1.06 bits per heavy atom. The van der Waals surface area contributed by atoms with Crippen LogP contribution >= 0.6 is 0 Å². The van der Waals surface area contributed by atoms with Gasteiger partial charge in [-0.15, -0.1) is 0 Å². The fraction of sp³-hybridized carbons (Fsp3) is 0.308. The average Bonchev–Trinajstić information content (AvgIpc) is 3.34. The topological polar surface area (TPSA) is 105 Å². The molecule has 0 aliphatic carbocycles. The van der Waals surface area contributed by atoms with Crippen LogP contribution in [0.1, 0.15) is 42.6 Å². The van der Waals surface area contributed by atoms with Crippen molar-refractivity contribution in [1.29, 1.82) is 0 Å². The second-order valence-corrected chi connectivity index (χ2v) is 9.51. The number of carbonyl (C=O) groups is 3. The van der Waals surface area contributed by atoms with Crippen molar-refractivity contribution in [2.75, 3.05) is 0 Å². The van der Waals surface area contributed by atoms with Gasteiger partial charge in [0.25, 0.3) is 5.91 Å². The highest BCUT2D eigenvalue weighted by molar-refractivity contribution is 6.05. The summed E-state index contributed by atoms with van der Waals surface area (Å²) in [5.41, 5.74) is 4.11. The summed E-state index contributed by atoms with van der Waals surface area (Å²) in [5.74, 6) is -0.918. The van der Waals surface area contributed by atoms with Crippen LogP contribution < -0.4 is 5.32 Å². The second-order valence-electron chi connectivity index (χ2n) is 9.51. The van der Waals surface area contributed by atoms with Crippen molar-refractivity contribution in [3.63, 3.8) is 0 Å². The van der Waals surface area contributed by atoms with Crippen LogP contribution in [0.3, 0.4) is 0 Å². The summed E-state index contributed by atoms with van der Waals surface area (Å²) < 4.78 is 1.80. The van der Waals surface area contributed by atoms with Gasteiger partial charge in [-0.1, -0.05) is 36.4 Å². The lowest BCUT2D eigenvalue weighted by Crippen LogP contribution is -2.52. The zero-order valence-electron chi connectivity index (χ0n) is 19.1. The maximum Gasteiger partial charge on any atom is 0.255 e. The summed E-state index contributed by atoms with van der Waals surface area (Å²) in [6.07, 6.45) is 2.34. The lowest BCUT2D eigenvalue weighted by Gasteiger charge is -2.29. The Labute approximate surface area is 197 Å². The van der Waals surface area contributed by atoms with Gasteiger partial charge in [0.05, 0.1) is 24.0 Å². The summed E-state index contributed by atoms with van der Waals surface area (Å²) in [5, 5.41) is 17.3. The minimum absolute atomic E-state index is 0.197. The molecule has 1 saturated heterocycles. The number of benzene rings is 2. The Hall–Kier alpha value is -3.78. The van der Waals surface area contributed by atoms with E-state index in [0.29, 0.717) is 25.1 Å². The number of imide groups is 1. The van der Waals surface area contributed by atoms with Gasteiger partial charge in [-0.05, 0) is 43.5 Å². The van der Waals surface area contributed by atoms with Crippen molar-refractivity contribution in [3.05, 3.63) is 65.9 Å². The Kier molecular flexibility index (Phi) is 5.32. The van der Waals surface area contributed by atoms with Crippen LogP contribution in [0.5, 0.6) is 0 Å². The van der Waals surface area contributed by atoms with Crippen molar-refractivity contribution in [2.45, 2.75) is 51.4 Å². The van der Waals surface area contributed by atoms with E-state index in [1.54, 1.807) is 35.7 Å². The fourth-order valence-corrected chi connectivity index (χ4v) is 4.73. The number of aromatic nitrogens is 2. The first-order chi connectivity index (χ1) is 16.2. The van der Waals surface area contributed by atoms with E-state index in [1.807, 2.05) is 42.5 Å². The Morgan fingerprint density at radius 3 is 2.53 bits per heavy atom. The van der Waals surface area contributed by atoms with Crippen molar-refractivity contribution in [2.24, 2.45) is 0 Å². The number of fused-ring (bicyclic) bond motifs is 1. The van der Waals surface area contributed by atoms with Crippen LogP contribution in [-0.2, 0) is 22.7 Å². The van der Waals surface area contributed by atoms with Crippen LogP contribution in [0, 0.1) is 0 Å². The number of piperidine rings is 1. The number of aliphatic hydroxyl groups is 1. The molecule has 34 heavy (non-hydrogen) atoms. The first-order valence-electron chi connectivity index (χ1n) is 11.3. The molecule has 0 radical (unpaired) electrons. The van der Waals surface area contributed by atoms with Gasteiger partial charge >= 0.3 is 0 Å². The summed E-state index contributed by atoms with van der Waals surface area (Å²) in [4.78, 5) is 38.4. The number of hydrogen-bond donors (Lipinski definition) is 2. The third kappa shape index (κ3) is 4.01. The molecule has 2 aliphatic heterocycles. The number of carbonyl (C=O) groups excluding carboxylic acids is 3. The van der Waals surface area contributed by atoms with Crippen LogP contribution in [-0.4, -0.2) is 49.2 Å². The summed E-state index contributed by atoms with van der Waals surface area (Å²) in [6.45, 7) is 4.12. The molecule has 5 rings (SSSR count). The molecular weight excluding hydrogens is 432 g/mol. The molecule has 1 aromatic heterocycles. The predicted molar refractivity (Wildman–Crippen MR) is 125 cm³/mol. The number of hydrogen-bond acceptors (Lipinski definition) is 5. The Bertz CT molecular complexity index is 1290. The zero-order chi connectivity index (χ0) is 24.0. The lowest BCUT2D eigenvalue weighted by molar-refractivity contribution is -0.136. The highest BCUT2D eigenvalue weighted by Gasteiger charge is 2.39. The van der Waals surface area contributed by atoms with Crippen LogP contribution in [0.4, 0.5) is 0 Å². The third-order valence-electron chi connectivity index (χ3n) is 6.26. The normalized spacial score (nSPS) is 18.3. The average molecular weight is 459 g/mol. The minimum Gasteiger partial charge on any atom is -0.389 e. The van der Waals surface area contributed by atoms with Crippen molar-refractivity contribution < 1.29 is 19.5 Å². The highest BCUT2D eigenvalue weighted by atomic mass is 16.3. The molecule has 174 valence electrons. The third-order valence-corrected chi connectivity index (χ3v) is 6.26. The van der Waals surface area contributed by atoms with Crippen LogP contribution in [0.15, 0.2) is 54.7 Å². The molecule has 1 fully saturated rings. The maximum absolute atomic E-state index is 13.0. The second kappa shape index (κ2) is 8.22. The highest BCUT2D eigenvalue weighted by Crippen LogP contribution is 2.36. The molecule has 2 aliphatic rings. The number of rotatable bonds is 5. The molecule has 1 unspecified atom stereocenters. The largest absolute Gasteiger partial charge is 0.389 e. The molecule has 8 nitrogen and oxygen atoms in total. The van der Waals surface area contributed by atoms with Gasteiger partial charge in [-0.2, -0.15) is 5.10 Å². The van der Waals surface area contributed by atoms with E-state index < -0.39 is 17.6 Å². The summed E-state index contributed by atoms with van der Waals surface area (Å²) in [7, 11) is 0. The quantitative estimate of drug-likeness (QED) is 0.572. The Morgan fingerprint density at radius 2 is 1.82 bits per heavy atom. The summed E-state index contributed by atoms with van der Waals surface area (Å²) >= 11 is 0. The maximum atomic E-state index is 13.0. The molecule has 8 heteroatoms. The van der Waals surface area contributed by atoms with E-state index in [4.69, 9.17) is 0 Å². The first-order valence-corrected chi connectivity index (χ1v) is 11.3. The van der Waals surface area contributed by atoms with Gasteiger partial charge in [-0.3, -0.25) is 24.4 Å². The molecule has 0 saturated carbocycles. The van der Waals surface area contributed by atoms with Gasteiger partial charge < -0.3 is 10.0 Å². The van der Waals surface area contributed by atoms with Crippen LogP contribution in [0.2, 0.25) is 0 Å². The number of nitrogens with zero attached hydrogens (tertiary/aromatic N) is 3. The molecule has 3 aromatic rings. The van der Waals surface area contributed by atoms with E-state index in [9.17, 15) is 19.5 Å². The van der Waals surface area contributed by atoms with Crippen molar-refractivity contribution in [1.82, 2.24) is 20.0 Å². The van der Waals surface area contributed by atoms with Crippen molar-refractivity contribution in [3.8, 4) is 22.4 Å². The smallest absolute Gasteiger partial charge is 0.255 e. The molecule has 2 aromatic carbocycles. The lowest BCUT2D eigenvalue weighted by atomic mass is 9.98. The van der Waals surface area contributed by atoms with E-state index in [0.717, 1.165) is 27.9 Å².